The van der Waals surface area contributed by atoms with E-state index >= 15 is 0 Å². The number of anilines is 1. The maximum Gasteiger partial charge on any atom is 0.240 e. The molecule has 2 N–H and O–H groups in total. The molecule has 0 unspecified atom stereocenters. The van der Waals surface area contributed by atoms with Gasteiger partial charge in [-0.3, -0.25) is 9.59 Å². The van der Waals surface area contributed by atoms with E-state index in [1.54, 1.807) is 17.9 Å². The smallest absolute Gasteiger partial charge is 0.240 e. The van der Waals surface area contributed by atoms with E-state index in [4.69, 9.17) is 4.52 Å². The molecule has 0 bridgehead atoms. The van der Waals surface area contributed by atoms with Crippen LogP contribution in [0.4, 0.5) is 5.82 Å². The minimum Gasteiger partial charge on any atom is -0.360 e. The lowest BCUT2D eigenvalue weighted by atomic mass is 10.1. The molecule has 7 heteroatoms. The number of rotatable bonds is 5. The van der Waals surface area contributed by atoms with Crippen LogP contribution in [0, 0.1) is 6.92 Å². The van der Waals surface area contributed by atoms with Crippen molar-refractivity contribution in [2.24, 2.45) is 0 Å². The van der Waals surface area contributed by atoms with E-state index in [1.165, 1.54) is 0 Å². The van der Waals surface area contributed by atoms with Gasteiger partial charge in [-0.05, 0) is 12.5 Å². The van der Waals surface area contributed by atoms with Gasteiger partial charge in [0.1, 0.15) is 5.76 Å². The number of aryl methyl sites for hydroxylation is 1. The van der Waals surface area contributed by atoms with Gasteiger partial charge in [-0.25, -0.2) is 0 Å². The summed E-state index contributed by atoms with van der Waals surface area (Å²) < 4.78 is 4.90. The molecule has 126 valence electrons. The zero-order valence-electron chi connectivity index (χ0n) is 13.5. The van der Waals surface area contributed by atoms with E-state index in [1.807, 2.05) is 30.3 Å². The molecule has 3 rings (SSSR count). The van der Waals surface area contributed by atoms with E-state index in [2.05, 4.69) is 15.8 Å². The van der Waals surface area contributed by atoms with Crippen molar-refractivity contribution in [1.29, 1.82) is 0 Å². The average Bonchev–Trinajstić information content (AvgIpc) is 2.97. The molecular weight excluding hydrogens is 308 g/mol. The lowest BCUT2D eigenvalue weighted by Gasteiger charge is -2.33. The van der Waals surface area contributed by atoms with Gasteiger partial charge in [0.25, 0.3) is 0 Å². The molecule has 1 aliphatic heterocycles. The molecule has 0 spiro atoms. The first-order valence-electron chi connectivity index (χ1n) is 7.91. The number of hydrogen-bond donors (Lipinski definition) is 2. The summed E-state index contributed by atoms with van der Waals surface area (Å²) in [5.74, 6) is 0.653. The molecule has 0 aliphatic carbocycles. The van der Waals surface area contributed by atoms with Gasteiger partial charge in [0, 0.05) is 25.7 Å². The maximum absolute atomic E-state index is 12.6. The first kappa shape index (κ1) is 16.2. The zero-order chi connectivity index (χ0) is 16.9. The highest BCUT2D eigenvalue weighted by Crippen LogP contribution is 2.12. The predicted molar refractivity (Wildman–Crippen MR) is 88.1 cm³/mol. The molecule has 24 heavy (non-hydrogen) atoms. The van der Waals surface area contributed by atoms with Crippen molar-refractivity contribution in [3.05, 3.63) is 47.7 Å². The van der Waals surface area contributed by atoms with Crippen LogP contribution in [0.25, 0.3) is 0 Å². The largest absolute Gasteiger partial charge is 0.360 e. The second-order valence-corrected chi connectivity index (χ2v) is 5.83. The van der Waals surface area contributed by atoms with Crippen molar-refractivity contribution in [2.75, 3.05) is 18.4 Å². The number of piperazine rings is 1. The summed E-state index contributed by atoms with van der Waals surface area (Å²) in [5.41, 5.74) is 1.08. The fourth-order valence-electron chi connectivity index (χ4n) is 2.72. The van der Waals surface area contributed by atoms with E-state index in [0.29, 0.717) is 31.2 Å². The lowest BCUT2D eigenvalue weighted by Crippen LogP contribution is -2.55. The second kappa shape index (κ2) is 7.27. The highest BCUT2D eigenvalue weighted by atomic mass is 16.5. The van der Waals surface area contributed by atoms with Crippen LogP contribution in [-0.2, 0) is 16.1 Å². The summed E-state index contributed by atoms with van der Waals surface area (Å²) in [4.78, 5) is 26.4. The van der Waals surface area contributed by atoms with Gasteiger partial charge < -0.3 is 20.1 Å². The Hall–Kier alpha value is -2.67. The monoisotopic (exact) mass is 328 g/mol. The fraction of sp³-hybridized carbons (Fsp3) is 0.353. The highest BCUT2D eigenvalue weighted by molar-refractivity contribution is 5.95. The van der Waals surface area contributed by atoms with E-state index in [9.17, 15) is 9.59 Å². The van der Waals surface area contributed by atoms with Gasteiger partial charge >= 0.3 is 0 Å². The van der Waals surface area contributed by atoms with Crippen molar-refractivity contribution in [3.8, 4) is 0 Å². The molecule has 1 aromatic carbocycles. The third kappa shape index (κ3) is 3.99. The molecule has 1 aliphatic rings. The highest BCUT2D eigenvalue weighted by Gasteiger charge is 2.30. The van der Waals surface area contributed by atoms with Crippen molar-refractivity contribution >= 4 is 17.6 Å². The van der Waals surface area contributed by atoms with Crippen LogP contribution in [0.5, 0.6) is 0 Å². The molecule has 0 radical (unpaired) electrons. The summed E-state index contributed by atoms with van der Waals surface area (Å²) in [6.45, 7) is 3.60. The molecule has 2 heterocycles. The Morgan fingerprint density at radius 2 is 2.21 bits per heavy atom. The summed E-state index contributed by atoms with van der Waals surface area (Å²) in [6.07, 6.45) is 0.0655. The molecule has 0 saturated carbocycles. The van der Waals surface area contributed by atoms with Crippen molar-refractivity contribution < 1.29 is 14.1 Å². The minimum absolute atomic E-state index is 0.0587. The Bertz CT molecular complexity index is 714. The Labute approximate surface area is 140 Å². The average molecular weight is 328 g/mol. The minimum atomic E-state index is -0.518. The van der Waals surface area contributed by atoms with Crippen LogP contribution in [-0.4, -0.2) is 41.0 Å². The number of nitrogens with one attached hydrogen (secondary N) is 2. The number of nitrogens with zero attached hydrogens (tertiary/aromatic N) is 2. The molecule has 7 nitrogen and oxygen atoms in total. The summed E-state index contributed by atoms with van der Waals surface area (Å²) in [7, 11) is 0. The Morgan fingerprint density at radius 3 is 2.92 bits per heavy atom. The van der Waals surface area contributed by atoms with Gasteiger partial charge in [-0.1, -0.05) is 35.5 Å². The number of aromatic nitrogens is 1. The maximum atomic E-state index is 12.6. The zero-order valence-corrected chi connectivity index (χ0v) is 13.5. The number of hydrogen-bond acceptors (Lipinski definition) is 5. The third-order valence-electron chi connectivity index (χ3n) is 3.88. The van der Waals surface area contributed by atoms with Gasteiger partial charge in [0.2, 0.25) is 11.8 Å². The SMILES string of the molecule is Cc1cc(NC(=O)C[C@@H]2NCCN(Cc3ccccc3)C2=O)no1. The molecule has 1 aromatic heterocycles. The molecule has 1 saturated heterocycles. The van der Waals surface area contributed by atoms with Crippen molar-refractivity contribution in [3.63, 3.8) is 0 Å². The quantitative estimate of drug-likeness (QED) is 0.864. The number of benzene rings is 1. The van der Waals surface area contributed by atoms with Crippen LogP contribution in [0.2, 0.25) is 0 Å². The van der Waals surface area contributed by atoms with Crippen LogP contribution in [0.3, 0.4) is 0 Å². The first-order chi connectivity index (χ1) is 11.6. The van der Waals surface area contributed by atoms with E-state index in [0.717, 1.165) is 5.56 Å². The standard InChI is InChI=1S/C17H20N4O3/c1-12-9-15(20-24-12)19-16(22)10-14-17(23)21(8-7-18-14)11-13-5-3-2-4-6-13/h2-6,9,14,18H,7-8,10-11H2,1H3,(H,19,20,22)/t14-/m0/s1. The molecule has 2 aromatic rings. The molecular formula is C17H20N4O3. The first-order valence-corrected chi connectivity index (χ1v) is 7.91. The van der Waals surface area contributed by atoms with Crippen LogP contribution < -0.4 is 10.6 Å². The Kier molecular flexibility index (Phi) is 4.90. The molecule has 2 amide bonds. The molecule has 1 fully saturated rings. The van der Waals surface area contributed by atoms with Crippen molar-refractivity contribution in [2.45, 2.75) is 25.9 Å². The summed E-state index contributed by atoms with van der Waals surface area (Å²) in [6, 6.07) is 10.9. The third-order valence-corrected chi connectivity index (χ3v) is 3.88. The number of amides is 2. The van der Waals surface area contributed by atoms with E-state index in [-0.39, 0.29) is 18.2 Å². The van der Waals surface area contributed by atoms with Crippen LogP contribution in [0.1, 0.15) is 17.7 Å². The predicted octanol–water partition coefficient (Wildman–Crippen LogP) is 1.31. The number of carbonyl (C=O) groups excluding carboxylic acids is 2. The van der Waals surface area contributed by atoms with Crippen LogP contribution in [0.15, 0.2) is 40.9 Å². The van der Waals surface area contributed by atoms with Crippen LogP contribution >= 0.6 is 0 Å². The summed E-state index contributed by atoms with van der Waals surface area (Å²) >= 11 is 0. The van der Waals surface area contributed by atoms with E-state index < -0.39 is 6.04 Å². The number of carbonyl (C=O) groups is 2. The molecule has 1 atom stereocenters. The van der Waals surface area contributed by atoms with Gasteiger partial charge in [0.15, 0.2) is 5.82 Å². The second-order valence-electron chi connectivity index (χ2n) is 5.83. The Morgan fingerprint density at radius 1 is 1.42 bits per heavy atom. The summed E-state index contributed by atoms with van der Waals surface area (Å²) in [5, 5.41) is 9.47. The van der Waals surface area contributed by atoms with Crippen molar-refractivity contribution in [1.82, 2.24) is 15.4 Å². The Balaban J connectivity index is 1.57. The topological polar surface area (TPSA) is 87.5 Å². The van der Waals surface area contributed by atoms with Gasteiger partial charge in [0.05, 0.1) is 12.5 Å². The van der Waals surface area contributed by atoms with Gasteiger partial charge in [-0.2, -0.15) is 0 Å². The normalized spacial score (nSPS) is 17.8. The lowest BCUT2D eigenvalue weighted by molar-refractivity contribution is -0.138. The fourth-order valence-corrected chi connectivity index (χ4v) is 2.72. The van der Waals surface area contributed by atoms with Gasteiger partial charge in [-0.15, -0.1) is 0 Å².